The van der Waals surface area contributed by atoms with E-state index >= 15 is 0 Å². The van der Waals surface area contributed by atoms with Crippen LogP contribution in [0.5, 0.6) is 0 Å². The lowest BCUT2D eigenvalue weighted by Crippen LogP contribution is -2.44. The molecule has 3 nitrogen and oxygen atoms in total. The van der Waals surface area contributed by atoms with Gasteiger partial charge in [0.15, 0.2) is 0 Å². The Morgan fingerprint density at radius 2 is 2.36 bits per heavy atom. The molecule has 0 aromatic carbocycles. The number of nitriles is 1. The average Bonchev–Trinajstić information content (AvgIpc) is 3.01. The number of ether oxygens (including phenoxy) is 1. The van der Waals surface area contributed by atoms with Gasteiger partial charge in [0.05, 0.1) is 24.7 Å². The second-order valence-corrected chi connectivity index (χ2v) is 4.54. The van der Waals surface area contributed by atoms with Crippen LogP contribution in [0, 0.1) is 23.2 Å². The van der Waals surface area contributed by atoms with Crippen molar-refractivity contribution in [2.45, 2.75) is 25.9 Å². The molecule has 14 heavy (non-hydrogen) atoms. The summed E-state index contributed by atoms with van der Waals surface area (Å²) >= 11 is 0. The highest BCUT2D eigenvalue weighted by Crippen LogP contribution is 2.35. The van der Waals surface area contributed by atoms with Crippen LogP contribution in [-0.2, 0) is 4.74 Å². The highest BCUT2D eigenvalue weighted by molar-refractivity contribution is 4.88. The summed E-state index contributed by atoms with van der Waals surface area (Å²) < 4.78 is 5.72. The molecule has 0 radical (unpaired) electrons. The molecule has 78 valence electrons. The lowest BCUT2D eigenvalue weighted by atomic mass is 10.1. The van der Waals surface area contributed by atoms with Crippen molar-refractivity contribution in [2.24, 2.45) is 11.8 Å². The van der Waals surface area contributed by atoms with Crippen LogP contribution in [0.2, 0.25) is 0 Å². The van der Waals surface area contributed by atoms with Gasteiger partial charge in [-0.1, -0.05) is 0 Å². The minimum absolute atomic E-state index is 0.146. The van der Waals surface area contributed by atoms with Crippen LogP contribution in [0.3, 0.4) is 0 Å². The molecule has 0 spiro atoms. The van der Waals surface area contributed by atoms with Crippen molar-refractivity contribution in [3.63, 3.8) is 0 Å². The number of morpholine rings is 1. The third-order valence-corrected chi connectivity index (χ3v) is 3.08. The van der Waals surface area contributed by atoms with Crippen LogP contribution in [0.1, 0.15) is 19.8 Å². The van der Waals surface area contributed by atoms with E-state index in [-0.39, 0.29) is 5.92 Å². The minimum atomic E-state index is 0.146. The standard InChI is InChI=1S/C11H18N2O/c1-9(6-12)7-13-4-5-14-11(8-13)10-2-3-10/h9-11H,2-5,7-8H2,1H3. The quantitative estimate of drug-likeness (QED) is 0.678. The Kier molecular flexibility index (Phi) is 3.05. The van der Waals surface area contributed by atoms with Gasteiger partial charge in [-0.3, -0.25) is 4.90 Å². The smallest absolute Gasteiger partial charge is 0.0730 e. The van der Waals surface area contributed by atoms with Gasteiger partial charge < -0.3 is 4.74 Å². The lowest BCUT2D eigenvalue weighted by Gasteiger charge is -2.33. The molecule has 0 amide bonds. The van der Waals surface area contributed by atoms with Gasteiger partial charge in [0.2, 0.25) is 0 Å². The maximum Gasteiger partial charge on any atom is 0.0730 e. The summed E-state index contributed by atoms with van der Waals surface area (Å²) in [5.41, 5.74) is 0. The Hall–Kier alpha value is -0.590. The van der Waals surface area contributed by atoms with Crippen molar-refractivity contribution < 1.29 is 4.74 Å². The zero-order valence-corrected chi connectivity index (χ0v) is 8.78. The van der Waals surface area contributed by atoms with Crippen LogP contribution < -0.4 is 0 Å². The second-order valence-electron chi connectivity index (χ2n) is 4.54. The van der Waals surface area contributed by atoms with E-state index in [1.54, 1.807) is 0 Å². The second kappa shape index (κ2) is 4.29. The molecule has 1 saturated heterocycles. The van der Waals surface area contributed by atoms with Gasteiger partial charge in [-0.05, 0) is 25.7 Å². The van der Waals surface area contributed by atoms with Crippen molar-refractivity contribution in [1.29, 1.82) is 5.26 Å². The van der Waals surface area contributed by atoms with Crippen LogP contribution >= 0.6 is 0 Å². The third-order valence-electron chi connectivity index (χ3n) is 3.08. The first-order valence-corrected chi connectivity index (χ1v) is 5.53. The monoisotopic (exact) mass is 194 g/mol. The van der Waals surface area contributed by atoms with Crippen LogP contribution in [0.25, 0.3) is 0 Å². The molecule has 2 fully saturated rings. The van der Waals surface area contributed by atoms with E-state index in [1.165, 1.54) is 12.8 Å². The molecular weight excluding hydrogens is 176 g/mol. The van der Waals surface area contributed by atoms with Gasteiger partial charge in [0.25, 0.3) is 0 Å². The topological polar surface area (TPSA) is 36.3 Å². The van der Waals surface area contributed by atoms with E-state index in [2.05, 4.69) is 11.0 Å². The van der Waals surface area contributed by atoms with E-state index < -0.39 is 0 Å². The number of nitrogens with zero attached hydrogens (tertiary/aromatic N) is 2. The van der Waals surface area contributed by atoms with Gasteiger partial charge in [-0.15, -0.1) is 0 Å². The Morgan fingerprint density at radius 1 is 1.57 bits per heavy atom. The molecule has 0 bridgehead atoms. The molecule has 1 aliphatic carbocycles. The van der Waals surface area contributed by atoms with E-state index in [1.807, 2.05) is 6.92 Å². The first-order valence-electron chi connectivity index (χ1n) is 5.53. The SMILES string of the molecule is CC(C#N)CN1CCOC(C2CC2)C1. The third kappa shape index (κ3) is 2.46. The predicted octanol–water partition coefficient (Wildman–Crippen LogP) is 1.26. The fourth-order valence-electron chi connectivity index (χ4n) is 2.08. The van der Waals surface area contributed by atoms with Gasteiger partial charge in [0.1, 0.15) is 0 Å². The molecule has 0 aromatic rings. The van der Waals surface area contributed by atoms with E-state index in [9.17, 15) is 0 Å². The van der Waals surface area contributed by atoms with Gasteiger partial charge >= 0.3 is 0 Å². The molecule has 2 rings (SSSR count). The fraction of sp³-hybridized carbons (Fsp3) is 0.909. The fourth-order valence-corrected chi connectivity index (χ4v) is 2.08. The minimum Gasteiger partial charge on any atom is -0.375 e. The average molecular weight is 194 g/mol. The molecule has 2 unspecified atom stereocenters. The summed E-state index contributed by atoms with van der Waals surface area (Å²) in [6, 6.07) is 2.29. The molecule has 1 saturated carbocycles. The molecule has 2 aliphatic rings. The van der Waals surface area contributed by atoms with Gasteiger partial charge in [-0.25, -0.2) is 0 Å². The number of hydrogen-bond acceptors (Lipinski definition) is 3. The molecule has 1 heterocycles. The van der Waals surface area contributed by atoms with Crippen LogP contribution in [0.15, 0.2) is 0 Å². The number of rotatable bonds is 3. The Morgan fingerprint density at radius 3 is 3.00 bits per heavy atom. The highest BCUT2D eigenvalue weighted by Gasteiger charge is 2.35. The first kappa shape index (κ1) is 9.95. The van der Waals surface area contributed by atoms with E-state index in [4.69, 9.17) is 10.00 Å². The maximum atomic E-state index is 8.74. The highest BCUT2D eigenvalue weighted by atomic mass is 16.5. The first-order chi connectivity index (χ1) is 6.79. The molecule has 3 heteroatoms. The van der Waals surface area contributed by atoms with Crippen molar-refractivity contribution in [1.82, 2.24) is 4.90 Å². The molecule has 0 N–H and O–H groups in total. The van der Waals surface area contributed by atoms with Crippen molar-refractivity contribution in [3.8, 4) is 6.07 Å². The Bertz CT molecular complexity index is 232. The van der Waals surface area contributed by atoms with Crippen molar-refractivity contribution in [3.05, 3.63) is 0 Å². The lowest BCUT2D eigenvalue weighted by molar-refractivity contribution is -0.0410. The Balaban J connectivity index is 1.78. The summed E-state index contributed by atoms with van der Waals surface area (Å²) in [4.78, 5) is 2.38. The van der Waals surface area contributed by atoms with Gasteiger partial charge in [-0.2, -0.15) is 5.26 Å². The molecular formula is C11H18N2O. The summed E-state index contributed by atoms with van der Waals surface area (Å²) in [7, 11) is 0. The Labute approximate surface area is 85.6 Å². The summed E-state index contributed by atoms with van der Waals surface area (Å²) in [5, 5.41) is 8.74. The van der Waals surface area contributed by atoms with Crippen molar-refractivity contribution >= 4 is 0 Å². The van der Waals surface area contributed by atoms with Crippen molar-refractivity contribution in [2.75, 3.05) is 26.2 Å². The summed E-state index contributed by atoms with van der Waals surface area (Å²) in [5.74, 6) is 0.961. The van der Waals surface area contributed by atoms with Gasteiger partial charge in [0, 0.05) is 19.6 Å². The van der Waals surface area contributed by atoms with E-state index in [0.29, 0.717) is 6.10 Å². The molecule has 1 aliphatic heterocycles. The predicted molar refractivity (Wildman–Crippen MR) is 53.7 cm³/mol. The normalized spacial score (nSPS) is 31.0. The van der Waals surface area contributed by atoms with Crippen LogP contribution in [0.4, 0.5) is 0 Å². The zero-order chi connectivity index (χ0) is 9.97. The maximum absolute atomic E-state index is 8.74. The van der Waals surface area contributed by atoms with E-state index in [0.717, 1.165) is 32.2 Å². The summed E-state index contributed by atoms with van der Waals surface area (Å²) in [6.07, 6.45) is 3.13. The zero-order valence-electron chi connectivity index (χ0n) is 8.78. The molecule has 2 atom stereocenters. The number of hydrogen-bond donors (Lipinski definition) is 0. The van der Waals surface area contributed by atoms with Crippen LogP contribution in [-0.4, -0.2) is 37.2 Å². The largest absolute Gasteiger partial charge is 0.375 e. The summed E-state index contributed by atoms with van der Waals surface area (Å²) in [6.45, 7) is 5.77. The molecule has 0 aromatic heterocycles.